The number of terminal acetylenes is 1. The number of hydrogen-bond donors (Lipinski definition) is 0. The second-order valence-corrected chi connectivity index (χ2v) is 5.80. The third-order valence-electron chi connectivity index (χ3n) is 3.06. The van der Waals surface area contributed by atoms with Gasteiger partial charge >= 0.3 is 0 Å². The first-order valence-electron chi connectivity index (χ1n) is 6.98. The number of hydrogen-bond acceptors (Lipinski definition) is 1. The van der Waals surface area contributed by atoms with E-state index >= 15 is 0 Å². The number of benzene rings is 1. The number of rotatable bonds is 0. The monoisotopic (exact) mass is 276 g/mol. The molecule has 0 saturated carbocycles. The lowest BCUT2D eigenvalue weighted by atomic mass is 9.89. The Morgan fingerprint density at radius 1 is 0.952 bits per heavy atom. The van der Waals surface area contributed by atoms with Crippen LogP contribution in [0.2, 0.25) is 0 Å². The summed E-state index contributed by atoms with van der Waals surface area (Å²) < 4.78 is 1.84. The Kier molecular flexibility index (Phi) is 4.45. The lowest BCUT2D eigenvalue weighted by Gasteiger charge is -2.15. The van der Waals surface area contributed by atoms with E-state index < -0.39 is 0 Å². The first-order chi connectivity index (χ1) is 10.0. The highest BCUT2D eigenvalue weighted by molar-refractivity contribution is 5.64. The smallest absolute Gasteiger partial charge is 0.0844 e. The SMILES string of the molecule is C#Cc1c(C(C)(C)C)nn2ccccc12.c1ccccc1. The quantitative estimate of drug-likeness (QED) is 0.560. The molecular formula is C19H20N2. The lowest BCUT2D eigenvalue weighted by molar-refractivity contribution is 0.561. The van der Waals surface area contributed by atoms with E-state index in [1.54, 1.807) is 0 Å². The molecule has 0 unspecified atom stereocenters. The third-order valence-corrected chi connectivity index (χ3v) is 3.06. The number of nitrogens with zero attached hydrogens (tertiary/aromatic N) is 2. The van der Waals surface area contributed by atoms with Gasteiger partial charge in [-0.15, -0.1) is 6.42 Å². The average molecular weight is 276 g/mol. The van der Waals surface area contributed by atoms with Crippen molar-refractivity contribution in [3.8, 4) is 12.3 Å². The topological polar surface area (TPSA) is 17.3 Å². The number of fused-ring (bicyclic) bond motifs is 1. The standard InChI is InChI=1S/C13H14N2.C6H6/c1-5-10-11-8-6-7-9-15(11)14-12(10)13(2,3)4;1-2-4-6-5-3-1/h1,6-9H,2-4H3;1-6H. The molecule has 106 valence electrons. The molecular weight excluding hydrogens is 256 g/mol. The molecule has 0 amide bonds. The molecule has 2 heterocycles. The molecule has 0 spiro atoms. The van der Waals surface area contributed by atoms with Gasteiger partial charge in [0, 0.05) is 11.6 Å². The summed E-state index contributed by atoms with van der Waals surface area (Å²) in [5.74, 6) is 2.74. The van der Waals surface area contributed by atoms with Crippen molar-refractivity contribution in [3.63, 3.8) is 0 Å². The molecule has 0 N–H and O–H groups in total. The molecule has 1 aromatic carbocycles. The highest BCUT2D eigenvalue weighted by Gasteiger charge is 2.22. The maximum atomic E-state index is 5.55. The molecule has 2 aromatic heterocycles. The predicted molar refractivity (Wildman–Crippen MR) is 88.3 cm³/mol. The number of aromatic nitrogens is 2. The van der Waals surface area contributed by atoms with Gasteiger partial charge in [0.05, 0.1) is 16.8 Å². The minimum atomic E-state index is -0.0201. The van der Waals surface area contributed by atoms with Crippen LogP contribution in [0.4, 0.5) is 0 Å². The Morgan fingerprint density at radius 3 is 2.00 bits per heavy atom. The first kappa shape index (κ1) is 14.9. The molecule has 3 rings (SSSR count). The Balaban J connectivity index is 0.000000225. The van der Waals surface area contributed by atoms with Crippen molar-refractivity contribution in [1.29, 1.82) is 0 Å². The summed E-state index contributed by atoms with van der Waals surface area (Å²) in [6.07, 6.45) is 7.48. The second kappa shape index (κ2) is 6.28. The molecule has 0 fully saturated rings. The molecule has 0 bridgehead atoms. The maximum Gasteiger partial charge on any atom is 0.0844 e. The van der Waals surface area contributed by atoms with E-state index in [4.69, 9.17) is 6.42 Å². The highest BCUT2D eigenvalue weighted by atomic mass is 15.2. The van der Waals surface area contributed by atoms with E-state index in [9.17, 15) is 0 Å². The van der Waals surface area contributed by atoms with Gasteiger partial charge in [-0.25, -0.2) is 4.52 Å². The zero-order chi connectivity index (χ0) is 15.3. The van der Waals surface area contributed by atoms with E-state index in [0.717, 1.165) is 16.8 Å². The second-order valence-electron chi connectivity index (χ2n) is 5.80. The fourth-order valence-corrected chi connectivity index (χ4v) is 2.05. The molecule has 0 atom stereocenters. The van der Waals surface area contributed by atoms with Crippen molar-refractivity contribution >= 4 is 5.52 Å². The van der Waals surface area contributed by atoms with Crippen LogP contribution < -0.4 is 0 Å². The average Bonchev–Trinajstić information content (AvgIpc) is 2.88. The molecule has 2 nitrogen and oxygen atoms in total. The lowest BCUT2D eigenvalue weighted by Crippen LogP contribution is -2.13. The Morgan fingerprint density at radius 2 is 1.52 bits per heavy atom. The third kappa shape index (κ3) is 3.52. The highest BCUT2D eigenvalue weighted by Crippen LogP contribution is 2.26. The van der Waals surface area contributed by atoms with Crippen LogP contribution in [0.5, 0.6) is 0 Å². The minimum Gasteiger partial charge on any atom is -0.239 e. The molecule has 0 aliphatic carbocycles. The van der Waals surface area contributed by atoms with Crippen molar-refractivity contribution in [2.45, 2.75) is 26.2 Å². The van der Waals surface area contributed by atoms with Gasteiger partial charge in [-0.2, -0.15) is 5.10 Å². The largest absolute Gasteiger partial charge is 0.239 e. The van der Waals surface area contributed by atoms with Gasteiger partial charge in [0.2, 0.25) is 0 Å². The van der Waals surface area contributed by atoms with Gasteiger partial charge < -0.3 is 0 Å². The van der Waals surface area contributed by atoms with Gasteiger partial charge in [-0.1, -0.05) is 69.2 Å². The van der Waals surface area contributed by atoms with E-state index in [0.29, 0.717) is 0 Å². The Bertz CT molecular complexity index is 714. The molecule has 0 radical (unpaired) electrons. The van der Waals surface area contributed by atoms with Gasteiger partial charge in [0.25, 0.3) is 0 Å². The zero-order valence-electron chi connectivity index (χ0n) is 12.7. The van der Waals surface area contributed by atoms with Crippen molar-refractivity contribution in [3.05, 3.63) is 72.1 Å². The minimum absolute atomic E-state index is 0.0201. The van der Waals surface area contributed by atoms with Gasteiger partial charge in [0.1, 0.15) is 0 Å². The zero-order valence-corrected chi connectivity index (χ0v) is 12.7. The molecule has 2 heteroatoms. The molecule has 0 aliphatic rings. The van der Waals surface area contributed by atoms with Crippen LogP contribution >= 0.6 is 0 Å². The molecule has 0 saturated heterocycles. The Hall–Kier alpha value is -2.53. The van der Waals surface area contributed by atoms with E-state index in [1.807, 2.05) is 65.3 Å². The van der Waals surface area contributed by atoms with Crippen LogP contribution in [-0.2, 0) is 5.41 Å². The van der Waals surface area contributed by atoms with Crippen LogP contribution in [0.1, 0.15) is 32.0 Å². The van der Waals surface area contributed by atoms with E-state index in [2.05, 4.69) is 31.8 Å². The molecule has 3 aromatic rings. The summed E-state index contributed by atoms with van der Waals surface area (Å²) in [5.41, 5.74) is 2.87. The van der Waals surface area contributed by atoms with Crippen LogP contribution in [0, 0.1) is 12.3 Å². The summed E-state index contributed by atoms with van der Waals surface area (Å²) in [4.78, 5) is 0. The van der Waals surface area contributed by atoms with E-state index in [-0.39, 0.29) is 5.41 Å². The fraction of sp³-hybridized carbons (Fsp3) is 0.211. The number of pyridine rings is 1. The van der Waals surface area contributed by atoms with E-state index in [1.165, 1.54) is 0 Å². The fourth-order valence-electron chi connectivity index (χ4n) is 2.05. The summed E-state index contributed by atoms with van der Waals surface area (Å²) in [6, 6.07) is 17.9. The van der Waals surface area contributed by atoms with Gasteiger partial charge in [0.15, 0.2) is 0 Å². The van der Waals surface area contributed by atoms with Crippen LogP contribution in [0.15, 0.2) is 60.8 Å². The summed E-state index contributed by atoms with van der Waals surface area (Å²) in [5, 5.41) is 4.53. The maximum absolute atomic E-state index is 5.55. The summed E-state index contributed by atoms with van der Waals surface area (Å²) in [6.45, 7) is 6.36. The van der Waals surface area contributed by atoms with Crippen LogP contribution in [-0.4, -0.2) is 9.61 Å². The normalized spacial score (nSPS) is 10.6. The van der Waals surface area contributed by atoms with Gasteiger partial charge in [-0.05, 0) is 12.1 Å². The Labute approximate surface area is 126 Å². The van der Waals surface area contributed by atoms with Crippen molar-refractivity contribution in [1.82, 2.24) is 9.61 Å². The molecule has 0 aliphatic heterocycles. The van der Waals surface area contributed by atoms with Gasteiger partial charge in [-0.3, -0.25) is 0 Å². The first-order valence-corrected chi connectivity index (χ1v) is 6.98. The van der Waals surface area contributed by atoms with Crippen LogP contribution in [0.3, 0.4) is 0 Å². The van der Waals surface area contributed by atoms with Crippen LogP contribution in [0.25, 0.3) is 5.52 Å². The predicted octanol–water partition coefficient (Wildman–Crippen LogP) is 4.30. The summed E-state index contributed by atoms with van der Waals surface area (Å²) >= 11 is 0. The summed E-state index contributed by atoms with van der Waals surface area (Å²) in [7, 11) is 0. The van der Waals surface area contributed by atoms with Crippen molar-refractivity contribution in [2.24, 2.45) is 0 Å². The molecule has 21 heavy (non-hydrogen) atoms. The van der Waals surface area contributed by atoms with Crippen molar-refractivity contribution in [2.75, 3.05) is 0 Å². The van der Waals surface area contributed by atoms with Crippen molar-refractivity contribution < 1.29 is 0 Å².